The largest absolute Gasteiger partial charge is 0.462 e. The summed E-state index contributed by atoms with van der Waals surface area (Å²) in [6.45, 7) is 6.74. The Bertz CT molecular complexity index is 775. The van der Waals surface area contributed by atoms with Crippen molar-refractivity contribution in [3.63, 3.8) is 0 Å². The van der Waals surface area contributed by atoms with Gasteiger partial charge in [0.05, 0.1) is 23.1 Å². The van der Waals surface area contributed by atoms with Crippen molar-refractivity contribution in [3.05, 3.63) is 29.8 Å². The van der Waals surface area contributed by atoms with Crippen LogP contribution in [0.2, 0.25) is 0 Å². The molecule has 10 heteroatoms. The summed E-state index contributed by atoms with van der Waals surface area (Å²) in [7, 11) is -3.69. The van der Waals surface area contributed by atoms with Crippen LogP contribution in [0.1, 0.15) is 31.1 Å². The molecule has 1 aromatic carbocycles. The summed E-state index contributed by atoms with van der Waals surface area (Å²) in [5.74, 6) is -0.618. The lowest BCUT2D eigenvalue weighted by Crippen LogP contribution is -2.55. The number of benzene rings is 1. The zero-order chi connectivity index (χ0) is 20.2. The first-order valence-electron chi connectivity index (χ1n) is 9.00. The minimum atomic E-state index is -3.69. The average Bonchev–Trinajstić information content (AvgIpc) is 2.67. The van der Waals surface area contributed by atoms with Gasteiger partial charge in [-0.15, -0.1) is 12.4 Å². The number of halogens is 1. The number of sulfonamides is 1. The molecule has 0 aromatic heterocycles. The number of hydrogen-bond donors (Lipinski definition) is 1. The standard InChI is InChI=1S/C18H27N3O5S.ClH/c1-4-26-18(23)14-5-7-15(8-6-14)27(24,25)21-11-9-20(10-12-21)17(22)16(19)13(2)3;/h5-8,13,16H,4,9-12,19H2,1-3H3;1H/t16-;/m0./s1. The number of hydrogen-bond acceptors (Lipinski definition) is 6. The summed E-state index contributed by atoms with van der Waals surface area (Å²) in [5.41, 5.74) is 6.20. The van der Waals surface area contributed by atoms with E-state index in [9.17, 15) is 18.0 Å². The highest BCUT2D eigenvalue weighted by Crippen LogP contribution is 2.19. The maximum atomic E-state index is 12.8. The molecule has 0 bridgehead atoms. The van der Waals surface area contributed by atoms with Gasteiger partial charge in [0.2, 0.25) is 15.9 Å². The molecule has 8 nitrogen and oxygen atoms in total. The number of rotatable bonds is 6. The van der Waals surface area contributed by atoms with Crippen LogP contribution in [0.3, 0.4) is 0 Å². The van der Waals surface area contributed by atoms with E-state index in [0.717, 1.165) is 0 Å². The molecule has 2 rings (SSSR count). The number of esters is 1. The molecule has 0 spiro atoms. The summed E-state index contributed by atoms with van der Waals surface area (Å²) in [6.07, 6.45) is 0. The Hall–Kier alpha value is -1.68. The topological polar surface area (TPSA) is 110 Å². The molecule has 1 amide bonds. The van der Waals surface area contributed by atoms with Crippen LogP contribution in [0, 0.1) is 5.92 Å². The third kappa shape index (κ3) is 5.44. The van der Waals surface area contributed by atoms with Crippen molar-refractivity contribution in [1.82, 2.24) is 9.21 Å². The van der Waals surface area contributed by atoms with Crippen LogP contribution >= 0.6 is 12.4 Å². The molecular formula is C18H28ClN3O5S. The fourth-order valence-electron chi connectivity index (χ4n) is 2.77. The number of carbonyl (C=O) groups is 2. The fourth-order valence-corrected chi connectivity index (χ4v) is 4.19. The van der Waals surface area contributed by atoms with Crippen LogP contribution in [0.5, 0.6) is 0 Å². The molecule has 2 N–H and O–H groups in total. The molecule has 0 unspecified atom stereocenters. The van der Waals surface area contributed by atoms with Crippen LogP contribution in [-0.2, 0) is 19.6 Å². The van der Waals surface area contributed by atoms with Gasteiger partial charge in [0.1, 0.15) is 0 Å². The van der Waals surface area contributed by atoms with E-state index < -0.39 is 22.0 Å². The van der Waals surface area contributed by atoms with E-state index in [1.807, 2.05) is 13.8 Å². The Morgan fingerprint density at radius 2 is 1.64 bits per heavy atom. The van der Waals surface area contributed by atoms with Crippen LogP contribution in [-0.4, -0.2) is 68.3 Å². The van der Waals surface area contributed by atoms with E-state index in [1.165, 1.54) is 28.6 Å². The molecule has 1 fully saturated rings. The van der Waals surface area contributed by atoms with Crippen molar-refractivity contribution in [2.24, 2.45) is 11.7 Å². The first kappa shape index (κ1) is 24.4. The molecule has 0 aliphatic carbocycles. The molecule has 158 valence electrons. The Morgan fingerprint density at radius 3 is 2.11 bits per heavy atom. The van der Waals surface area contributed by atoms with Gasteiger partial charge in [-0.3, -0.25) is 4.79 Å². The van der Waals surface area contributed by atoms with E-state index in [-0.39, 0.29) is 48.8 Å². The maximum absolute atomic E-state index is 12.8. The molecule has 1 aliphatic rings. The summed E-state index contributed by atoms with van der Waals surface area (Å²) < 4.78 is 31.8. The second-order valence-electron chi connectivity index (χ2n) is 6.74. The number of amides is 1. The molecule has 28 heavy (non-hydrogen) atoms. The lowest BCUT2D eigenvalue weighted by Gasteiger charge is -2.35. The average molecular weight is 434 g/mol. The molecule has 1 saturated heterocycles. The number of ether oxygens (including phenoxy) is 1. The lowest BCUT2D eigenvalue weighted by atomic mass is 10.0. The number of nitrogens with zero attached hydrogens (tertiary/aromatic N) is 2. The van der Waals surface area contributed by atoms with E-state index in [2.05, 4.69) is 0 Å². The first-order valence-corrected chi connectivity index (χ1v) is 10.4. The number of carbonyl (C=O) groups excluding carboxylic acids is 2. The summed E-state index contributed by atoms with van der Waals surface area (Å²) in [6, 6.07) is 5.09. The normalized spacial score (nSPS) is 16.4. The Morgan fingerprint density at radius 1 is 1.11 bits per heavy atom. The van der Waals surface area contributed by atoms with Gasteiger partial charge >= 0.3 is 5.97 Å². The SMILES string of the molecule is CCOC(=O)c1ccc(S(=O)(=O)N2CCN(C(=O)[C@@H](N)C(C)C)CC2)cc1.Cl. The summed E-state index contributed by atoms with van der Waals surface area (Å²) in [4.78, 5) is 25.7. The van der Waals surface area contributed by atoms with Gasteiger partial charge in [-0.2, -0.15) is 4.31 Å². The van der Waals surface area contributed by atoms with Crippen LogP contribution in [0.4, 0.5) is 0 Å². The molecule has 0 saturated carbocycles. The lowest BCUT2D eigenvalue weighted by molar-refractivity contribution is -0.134. The van der Waals surface area contributed by atoms with Crippen molar-refractivity contribution in [2.75, 3.05) is 32.8 Å². The minimum Gasteiger partial charge on any atom is -0.462 e. The third-order valence-corrected chi connectivity index (χ3v) is 6.47. The van der Waals surface area contributed by atoms with E-state index in [0.29, 0.717) is 18.7 Å². The van der Waals surface area contributed by atoms with Gasteiger partial charge in [0, 0.05) is 26.2 Å². The maximum Gasteiger partial charge on any atom is 0.338 e. The highest BCUT2D eigenvalue weighted by Gasteiger charge is 2.32. The highest BCUT2D eigenvalue weighted by molar-refractivity contribution is 7.89. The van der Waals surface area contributed by atoms with Crippen molar-refractivity contribution in [1.29, 1.82) is 0 Å². The zero-order valence-electron chi connectivity index (χ0n) is 16.3. The Balaban J connectivity index is 0.00000392. The van der Waals surface area contributed by atoms with Gasteiger partial charge in [-0.1, -0.05) is 13.8 Å². The molecule has 1 atom stereocenters. The van der Waals surface area contributed by atoms with Gasteiger partial charge in [0.15, 0.2) is 0 Å². The highest BCUT2D eigenvalue weighted by atomic mass is 35.5. The third-order valence-electron chi connectivity index (χ3n) is 4.56. The molecule has 1 aromatic rings. The van der Waals surface area contributed by atoms with Gasteiger partial charge in [-0.05, 0) is 37.1 Å². The zero-order valence-corrected chi connectivity index (χ0v) is 18.0. The van der Waals surface area contributed by atoms with E-state index in [1.54, 1.807) is 11.8 Å². The summed E-state index contributed by atoms with van der Waals surface area (Å²) >= 11 is 0. The van der Waals surface area contributed by atoms with Crippen molar-refractivity contribution < 1.29 is 22.7 Å². The summed E-state index contributed by atoms with van der Waals surface area (Å²) in [5, 5.41) is 0. The Labute approximate surface area is 172 Å². The second kappa shape index (κ2) is 10.2. The molecular weight excluding hydrogens is 406 g/mol. The van der Waals surface area contributed by atoms with Crippen LogP contribution in [0.25, 0.3) is 0 Å². The number of piperazine rings is 1. The van der Waals surface area contributed by atoms with Gasteiger partial charge in [0.25, 0.3) is 0 Å². The quantitative estimate of drug-likeness (QED) is 0.672. The predicted molar refractivity (Wildman–Crippen MR) is 108 cm³/mol. The molecule has 1 heterocycles. The van der Waals surface area contributed by atoms with Crippen molar-refractivity contribution in [3.8, 4) is 0 Å². The molecule has 1 aliphatic heterocycles. The number of nitrogens with two attached hydrogens (primary N) is 1. The monoisotopic (exact) mass is 433 g/mol. The van der Waals surface area contributed by atoms with Gasteiger partial charge in [-0.25, -0.2) is 13.2 Å². The van der Waals surface area contributed by atoms with E-state index >= 15 is 0 Å². The first-order chi connectivity index (χ1) is 12.7. The van der Waals surface area contributed by atoms with Gasteiger partial charge < -0.3 is 15.4 Å². The van der Waals surface area contributed by atoms with Crippen molar-refractivity contribution >= 4 is 34.3 Å². The van der Waals surface area contributed by atoms with E-state index in [4.69, 9.17) is 10.5 Å². The predicted octanol–water partition coefficient (Wildman–Crippen LogP) is 1.10. The fraction of sp³-hybridized carbons (Fsp3) is 0.556. The Kier molecular flexibility index (Phi) is 8.87. The molecule has 0 radical (unpaired) electrons. The van der Waals surface area contributed by atoms with Crippen LogP contribution in [0.15, 0.2) is 29.2 Å². The minimum absolute atomic E-state index is 0. The van der Waals surface area contributed by atoms with Crippen LogP contribution < -0.4 is 5.73 Å². The van der Waals surface area contributed by atoms with Crippen molar-refractivity contribution in [2.45, 2.75) is 31.7 Å². The second-order valence-corrected chi connectivity index (χ2v) is 8.68. The smallest absolute Gasteiger partial charge is 0.338 e.